The summed E-state index contributed by atoms with van der Waals surface area (Å²) in [5.74, 6) is 0.749. The highest BCUT2D eigenvalue weighted by atomic mass is 32.1. The van der Waals surface area contributed by atoms with Crippen LogP contribution in [0.4, 0.5) is 0 Å². The zero-order valence-corrected chi connectivity index (χ0v) is 7.95. The van der Waals surface area contributed by atoms with Gasteiger partial charge in [-0.2, -0.15) is 0 Å². The highest BCUT2D eigenvalue weighted by molar-refractivity contribution is 7.09. The van der Waals surface area contributed by atoms with Crippen LogP contribution in [0.25, 0.3) is 0 Å². The molecule has 2 heteroatoms. The smallest absolute Gasteiger partial charge is 0.00483 e. The molecule has 0 radical (unpaired) electrons. The van der Waals surface area contributed by atoms with Crippen LogP contribution in [0, 0.1) is 5.92 Å². The summed E-state index contributed by atoms with van der Waals surface area (Å²) in [5, 5.41) is 5.32. The molecule has 0 aliphatic heterocycles. The van der Waals surface area contributed by atoms with E-state index in [0.29, 0.717) is 0 Å². The first-order chi connectivity index (χ1) is 5.33. The van der Waals surface area contributed by atoms with Crippen molar-refractivity contribution in [2.24, 2.45) is 5.92 Å². The first kappa shape index (κ1) is 8.75. The topological polar surface area (TPSA) is 12.0 Å². The molecule has 0 saturated heterocycles. The van der Waals surface area contributed by atoms with Crippen LogP contribution in [-0.4, -0.2) is 13.6 Å². The van der Waals surface area contributed by atoms with E-state index in [9.17, 15) is 0 Å². The summed E-state index contributed by atoms with van der Waals surface area (Å²) in [5.41, 5.74) is 0. The zero-order chi connectivity index (χ0) is 8.10. The van der Waals surface area contributed by atoms with E-state index < -0.39 is 0 Å². The second-order valence-corrected chi connectivity index (χ2v) is 3.98. The second kappa shape index (κ2) is 4.52. The minimum atomic E-state index is 0.749. The predicted octanol–water partition coefficient (Wildman–Crippen LogP) is 2.15. The summed E-state index contributed by atoms with van der Waals surface area (Å²) in [7, 11) is 2.00. The average molecular weight is 169 g/mol. The van der Waals surface area contributed by atoms with Crippen LogP contribution >= 0.6 is 11.3 Å². The molecule has 0 bridgehead atoms. The van der Waals surface area contributed by atoms with Crippen LogP contribution in [0.15, 0.2) is 17.5 Å². The van der Waals surface area contributed by atoms with E-state index in [1.807, 2.05) is 18.4 Å². The van der Waals surface area contributed by atoms with Gasteiger partial charge >= 0.3 is 0 Å². The summed E-state index contributed by atoms with van der Waals surface area (Å²) in [6, 6.07) is 4.32. The lowest BCUT2D eigenvalue weighted by Crippen LogP contribution is -2.17. The maximum Gasteiger partial charge on any atom is 0.00483 e. The monoisotopic (exact) mass is 169 g/mol. The molecule has 0 amide bonds. The van der Waals surface area contributed by atoms with E-state index in [0.717, 1.165) is 12.5 Å². The molecule has 1 unspecified atom stereocenters. The lowest BCUT2D eigenvalue weighted by atomic mass is 10.1. The fourth-order valence-corrected chi connectivity index (χ4v) is 2.06. The van der Waals surface area contributed by atoms with Crippen LogP contribution in [-0.2, 0) is 6.42 Å². The SMILES string of the molecule is CNCC(C)Cc1cccs1. The van der Waals surface area contributed by atoms with Crippen molar-refractivity contribution in [3.05, 3.63) is 22.4 Å². The normalized spacial score (nSPS) is 13.3. The summed E-state index contributed by atoms with van der Waals surface area (Å²) < 4.78 is 0. The molecule has 0 fully saturated rings. The molecule has 0 aliphatic rings. The Balaban J connectivity index is 2.31. The Bertz CT molecular complexity index is 181. The molecule has 0 aliphatic carbocycles. The molecular formula is C9H15NS. The fraction of sp³-hybridized carbons (Fsp3) is 0.556. The number of nitrogens with one attached hydrogen (secondary N) is 1. The van der Waals surface area contributed by atoms with Gasteiger partial charge in [-0.1, -0.05) is 13.0 Å². The average Bonchev–Trinajstić information content (AvgIpc) is 2.40. The Kier molecular flexibility index (Phi) is 3.60. The molecule has 0 saturated carbocycles. The Labute approximate surface area is 72.4 Å². The third-order valence-corrected chi connectivity index (χ3v) is 2.58. The lowest BCUT2D eigenvalue weighted by molar-refractivity contribution is 0.545. The molecule has 1 atom stereocenters. The molecule has 1 nitrogen and oxygen atoms in total. The van der Waals surface area contributed by atoms with E-state index in [-0.39, 0.29) is 0 Å². The van der Waals surface area contributed by atoms with Crippen LogP contribution in [0.3, 0.4) is 0 Å². The van der Waals surface area contributed by atoms with Crippen molar-refractivity contribution in [1.29, 1.82) is 0 Å². The molecule has 62 valence electrons. The molecule has 0 aromatic carbocycles. The van der Waals surface area contributed by atoms with Gasteiger partial charge in [-0.25, -0.2) is 0 Å². The van der Waals surface area contributed by atoms with Gasteiger partial charge in [-0.3, -0.25) is 0 Å². The van der Waals surface area contributed by atoms with E-state index in [2.05, 4.69) is 29.8 Å². The summed E-state index contributed by atoms with van der Waals surface area (Å²) >= 11 is 1.85. The van der Waals surface area contributed by atoms with Gasteiger partial charge in [0.05, 0.1) is 0 Å². The van der Waals surface area contributed by atoms with Crippen LogP contribution in [0.1, 0.15) is 11.8 Å². The molecular weight excluding hydrogens is 154 g/mol. The van der Waals surface area contributed by atoms with Gasteiger partial charge in [0, 0.05) is 4.88 Å². The van der Waals surface area contributed by atoms with Crippen molar-refractivity contribution < 1.29 is 0 Å². The highest BCUT2D eigenvalue weighted by Gasteiger charge is 2.01. The Hall–Kier alpha value is -0.340. The standard InChI is InChI=1S/C9H15NS/c1-8(7-10-2)6-9-4-3-5-11-9/h3-5,8,10H,6-7H2,1-2H3. The lowest BCUT2D eigenvalue weighted by Gasteiger charge is -2.07. The maximum atomic E-state index is 3.18. The van der Waals surface area contributed by atoms with Crippen LogP contribution < -0.4 is 5.32 Å². The van der Waals surface area contributed by atoms with Gasteiger partial charge in [-0.05, 0) is 37.4 Å². The predicted molar refractivity (Wildman–Crippen MR) is 51.1 cm³/mol. The Morgan fingerprint density at radius 3 is 3.00 bits per heavy atom. The minimum Gasteiger partial charge on any atom is -0.319 e. The Morgan fingerprint density at radius 2 is 2.45 bits per heavy atom. The van der Waals surface area contributed by atoms with Gasteiger partial charge in [0.25, 0.3) is 0 Å². The molecule has 1 N–H and O–H groups in total. The fourth-order valence-electron chi connectivity index (χ4n) is 1.19. The highest BCUT2D eigenvalue weighted by Crippen LogP contribution is 2.13. The molecule has 1 heterocycles. The van der Waals surface area contributed by atoms with Gasteiger partial charge in [0.1, 0.15) is 0 Å². The van der Waals surface area contributed by atoms with Crippen molar-refractivity contribution in [3.63, 3.8) is 0 Å². The van der Waals surface area contributed by atoms with Crippen LogP contribution in [0.2, 0.25) is 0 Å². The van der Waals surface area contributed by atoms with Gasteiger partial charge in [-0.15, -0.1) is 11.3 Å². The van der Waals surface area contributed by atoms with Crippen molar-refractivity contribution in [2.45, 2.75) is 13.3 Å². The number of thiophene rings is 1. The third-order valence-electron chi connectivity index (χ3n) is 1.68. The first-order valence-electron chi connectivity index (χ1n) is 4.00. The third kappa shape index (κ3) is 3.04. The largest absolute Gasteiger partial charge is 0.319 e. The van der Waals surface area contributed by atoms with E-state index in [4.69, 9.17) is 0 Å². The van der Waals surface area contributed by atoms with Crippen LogP contribution in [0.5, 0.6) is 0 Å². The number of hydrogen-bond donors (Lipinski definition) is 1. The summed E-state index contributed by atoms with van der Waals surface area (Å²) in [4.78, 5) is 1.49. The number of hydrogen-bond acceptors (Lipinski definition) is 2. The van der Waals surface area contributed by atoms with Gasteiger partial charge in [0.15, 0.2) is 0 Å². The zero-order valence-electron chi connectivity index (χ0n) is 7.13. The van der Waals surface area contributed by atoms with Crippen molar-refractivity contribution in [3.8, 4) is 0 Å². The van der Waals surface area contributed by atoms with Crippen molar-refractivity contribution >= 4 is 11.3 Å². The Morgan fingerprint density at radius 1 is 1.64 bits per heavy atom. The number of rotatable bonds is 4. The van der Waals surface area contributed by atoms with Crippen molar-refractivity contribution in [1.82, 2.24) is 5.32 Å². The maximum absolute atomic E-state index is 3.18. The van der Waals surface area contributed by atoms with Gasteiger partial charge in [0.2, 0.25) is 0 Å². The van der Waals surface area contributed by atoms with E-state index >= 15 is 0 Å². The van der Waals surface area contributed by atoms with Gasteiger partial charge < -0.3 is 5.32 Å². The first-order valence-corrected chi connectivity index (χ1v) is 4.88. The summed E-state index contributed by atoms with van der Waals surface area (Å²) in [6.45, 7) is 3.38. The molecule has 11 heavy (non-hydrogen) atoms. The molecule has 1 aromatic rings. The summed E-state index contributed by atoms with van der Waals surface area (Å²) in [6.07, 6.45) is 1.21. The van der Waals surface area contributed by atoms with E-state index in [1.165, 1.54) is 11.3 Å². The minimum absolute atomic E-state index is 0.749. The second-order valence-electron chi connectivity index (χ2n) is 2.95. The molecule has 0 spiro atoms. The van der Waals surface area contributed by atoms with E-state index in [1.54, 1.807) is 0 Å². The van der Waals surface area contributed by atoms with Crippen molar-refractivity contribution in [2.75, 3.05) is 13.6 Å². The molecule has 1 aromatic heterocycles. The quantitative estimate of drug-likeness (QED) is 0.728. The molecule has 1 rings (SSSR count).